The Balaban J connectivity index is 2.30. The highest BCUT2D eigenvalue weighted by molar-refractivity contribution is 5.84. The van der Waals surface area contributed by atoms with Crippen LogP contribution >= 0.6 is 0 Å². The van der Waals surface area contributed by atoms with Gasteiger partial charge in [0.25, 0.3) is 0 Å². The molecule has 0 aliphatic heterocycles. The maximum atomic E-state index is 11.2. The minimum Gasteiger partial charge on any atom is -0.355 e. The van der Waals surface area contributed by atoms with Crippen LogP contribution in [0.25, 0.3) is 0 Å². The molecule has 1 heterocycles. The number of aromatic nitrogens is 2. The van der Waals surface area contributed by atoms with Gasteiger partial charge in [0.2, 0.25) is 0 Å². The number of benzene rings is 1. The molecule has 0 atom stereocenters. The molecule has 0 saturated heterocycles. The minimum atomic E-state index is 0.664. The number of hydrogen-bond donors (Lipinski definition) is 0. The number of rotatable bonds is 4. The van der Waals surface area contributed by atoms with E-state index in [0.717, 1.165) is 24.3 Å². The number of anilines is 1. The van der Waals surface area contributed by atoms with Crippen LogP contribution in [0, 0.1) is 13.8 Å². The zero-order valence-corrected chi connectivity index (χ0v) is 11.8. The monoisotopic (exact) mass is 257 g/mol. The quantitative estimate of drug-likeness (QED) is 0.790. The summed E-state index contributed by atoms with van der Waals surface area (Å²) in [5.41, 5.74) is 3.89. The molecular weight excluding hydrogens is 238 g/mol. The fourth-order valence-electron chi connectivity index (χ4n) is 2.41. The van der Waals surface area contributed by atoms with Crippen molar-refractivity contribution in [2.24, 2.45) is 7.05 Å². The van der Waals surface area contributed by atoms with Crippen LogP contribution in [0.2, 0.25) is 0 Å². The van der Waals surface area contributed by atoms with E-state index >= 15 is 0 Å². The molecule has 0 radical (unpaired) electrons. The van der Waals surface area contributed by atoms with Crippen molar-refractivity contribution in [1.82, 2.24) is 9.78 Å². The van der Waals surface area contributed by atoms with Crippen LogP contribution in [-0.2, 0) is 13.6 Å². The van der Waals surface area contributed by atoms with Crippen LogP contribution in [-0.4, -0.2) is 23.1 Å². The van der Waals surface area contributed by atoms with E-state index in [2.05, 4.69) is 35.1 Å². The number of aldehydes is 1. The molecule has 0 saturated carbocycles. The summed E-state index contributed by atoms with van der Waals surface area (Å²) in [4.78, 5) is 13.2. The lowest BCUT2D eigenvalue weighted by Gasteiger charge is -2.20. The van der Waals surface area contributed by atoms with Crippen molar-refractivity contribution < 1.29 is 4.79 Å². The Kier molecular flexibility index (Phi) is 3.69. The minimum absolute atomic E-state index is 0.664. The zero-order valence-electron chi connectivity index (χ0n) is 11.8. The molecule has 2 aromatic rings. The lowest BCUT2D eigenvalue weighted by atomic mass is 10.1. The smallest absolute Gasteiger partial charge is 0.155 e. The normalized spacial score (nSPS) is 10.5. The van der Waals surface area contributed by atoms with Crippen molar-refractivity contribution in [3.05, 3.63) is 46.6 Å². The van der Waals surface area contributed by atoms with Crippen LogP contribution in [0.3, 0.4) is 0 Å². The van der Waals surface area contributed by atoms with E-state index in [4.69, 9.17) is 0 Å². The predicted octanol–water partition coefficient (Wildman–Crippen LogP) is 2.49. The molecule has 0 aliphatic rings. The Morgan fingerprint density at radius 3 is 2.74 bits per heavy atom. The molecule has 0 amide bonds. The lowest BCUT2D eigenvalue weighted by Crippen LogP contribution is -2.20. The van der Waals surface area contributed by atoms with Gasteiger partial charge in [0, 0.05) is 20.6 Å². The molecule has 0 fully saturated rings. The molecule has 0 bridgehead atoms. The first-order valence-electron chi connectivity index (χ1n) is 6.28. The van der Waals surface area contributed by atoms with E-state index in [1.54, 1.807) is 4.68 Å². The predicted molar refractivity (Wildman–Crippen MR) is 76.6 cm³/mol. The second-order valence-corrected chi connectivity index (χ2v) is 4.91. The summed E-state index contributed by atoms with van der Waals surface area (Å²) in [6.07, 6.45) is 0.879. The first kappa shape index (κ1) is 13.3. The highest BCUT2D eigenvalue weighted by atomic mass is 16.1. The van der Waals surface area contributed by atoms with E-state index < -0.39 is 0 Å². The van der Waals surface area contributed by atoms with Crippen molar-refractivity contribution in [2.75, 3.05) is 11.9 Å². The molecule has 0 N–H and O–H groups in total. The van der Waals surface area contributed by atoms with Crippen LogP contribution < -0.4 is 4.90 Å². The van der Waals surface area contributed by atoms with Crippen LogP contribution in [0.5, 0.6) is 0 Å². The molecule has 1 aromatic carbocycles. The number of carbonyl (C=O) groups excluding carboxylic acids is 1. The van der Waals surface area contributed by atoms with E-state index in [9.17, 15) is 4.79 Å². The van der Waals surface area contributed by atoms with E-state index in [0.29, 0.717) is 5.56 Å². The average molecular weight is 257 g/mol. The summed E-state index contributed by atoms with van der Waals surface area (Å²) in [7, 11) is 3.84. The third kappa shape index (κ3) is 2.67. The van der Waals surface area contributed by atoms with Crippen molar-refractivity contribution in [1.29, 1.82) is 0 Å². The molecular formula is C15H19N3O. The molecule has 4 heteroatoms. The number of hydrogen-bond acceptors (Lipinski definition) is 3. The molecule has 1 aromatic heterocycles. The summed E-state index contributed by atoms with van der Waals surface area (Å²) in [6, 6.07) is 8.37. The molecule has 4 nitrogen and oxygen atoms in total. The third-order valence-electron chi connectivity index (χ3n) is 3.22. The van der Waals surface area contributed by atoms with Gasteiger partial charge in [-0.25, -0.2) is 0 Å². The van der Waals surface area contributed by atoms with Gasteiger partial charge in [-0.2, -0.15) is 5.10 Å². The Hall–Kier alpha value is -2.10. The van der Waals surface area contributed by atoms with Gasteiger partial charge in [0.15, 0.2) is 6.29 Å². The fraction of sp³-hybridized carbons (Fsp3) is 0.333. The van der Waals surface area contributed by atoms with Gasteiger partial charge in [-0.3, -0.25) is 9.48 Å². The second kappa shape index (κ2) is 5.26. The van der Waals surface area contributed by atoms with Gasteiger partial charge in [0.1, 0.15) is 5.82 Å². The summed E-state index contributed by atoms with van der Waals surface area (Å²) in [6.45, 7) is 4.68. The highest BCUT2D eigenvalue weighted by Gasteiger charge is 2.16. The van der Waals surface area contributed by atoms with Crippen LogP contribution in [0.4, 0.5) is 5.82 Å². The summed E-state index contributed by atoms with van der Waals surface area (Å²) < 4.78 is 1.76. The standard InChI is InChI=1S/C15H19N3O/c1-11-6-5-7-13(8-11)9-17(3)15-14(10-19)12(2)16-18(15)4/h5-8,10H,9H2,1-4H3. The largest absolute Gasteiger partial charge is 0.355 e. The number of nitrogens with zero attached hydrogens (tertiary/aromatic N) is 3. The lowest BCUT2D eigenvalue weighted by molar-refractivity contribution is 0.112. The molecule has 0 aliphatic carbocycles. The highest BCUT2D eigenvalue weighted by Crippen LogP contribution is 2.22. The maximum Gasteiger partial charge on any atom is 0.155 e. The van der Waals surface area contributed by atoms with Crippen molar-refractivity contribution in [3.8, 4) is 0 Å². The molecule has 100 valence electrons. The Labute approximate surface area is 113 Å². The second-order valence-electron chi connectivity index (χ2n) is 4.91. The van der Waals surface area contributed by atoms with Gasteiger partial charge in [-0.05, 0) is 19.4 Å². The van der Waals surface area contributed by atoms with E-state index in [-0.39, 0.29) is 0 Å². The summed E-state index contributed by atoms with van der Waals surface area (Å²) in [5, 5.41) is 4.31. The topological polar surface area (TPSA) is 38.1 Å². The van der Waals surface area contributed by atoms with Crippen molar-refractivity contribution >= 4 is 12.1 Å². The van der Waals surface area contributed by atoms with Gasteiger partial charge in [0.05, 0.1) is 11.3 Å². The van der Waals surface area contributed by atoms with Crippen molar-refractivity contribution in [2.45, 2.75) is 20.4 Å². The van der Waals surface area contributed by atoms with Gasteiger partial charge < -0.3 is 4.90 Å². The SMILES string of the molecule is Cc1cccc(CN(C)c2c(C=O)c(C)nn2C)c1. The zero-order chi connectivity index (χ0) is 14.0. The Bertz CT molecular complexity index is 601. The molecule has 2 rings (SSSR count). The van der Waals surface area contributed by atoms with Gasteiger partial charge >= 0.3 is 0 Å². The first-order valence-corrected chi connectivity index (χ1v) is 6.28. The van der Waals surface area contributed by atoms with E-state index in [1.807, 2.05) is 27.1 Å². The summed E-state index contributed by atoms with van der Waals surface area (Å²) in [5.74, 6) is 0.856. The molecule has 0 spiro atoms. The molecule has 0 unspecified atom stereocenters. The maximum absolute atomic E-state index is 11.2. The average Bonchev–Trinajstić information content (AvgIpc) is 2.63. The fourth-order valence-corrected chi connectivity index (χ4v) is 2.41. The third-order valence-corrected chi connectivity index (χ3v) is 3.22. The number of aryl methyl sites for hydroxylation is 3. The van der Waals surface area contributed by atoms with Gasteiger partial charge in [-0.1, -0.05) is 29.8 Å². The summed E-state index contributed by atoms with van der Waals surface area (Å²) >= 11 is 0. The van der Waals surface area contributed by atoms with Gasteiger partial charge in [-0.15, -0.1) is 0 Å². The van der Waals surface area contributed by atoms with Crippen LogP contribution in [0.1, 0.15) is 27.2 Å². The van der Waals surface area contributed by atoms with E-state index in [1.165, 1.54) is 11.1 Å². The Morgan fingerprint density at radius 1 is 1.37 bits per heavy atom. The van der Waals surface area contributed by atoms with Crippen LogP contribution in [0.15, 0.2) is 24.3 Å². The van der Waals surface area contributed by atoms with Crippen molar-refractivity contribution in [3.63, 3.8) is 0 Å². The number of carbonyl (C=O) groups is 1. The first-order chi connectivity index (χ1) is 9.02. The molecule has 19 heavy (non-hydrogen) atoms. The Morgan fingerprint density at radius 2 is 2.11 bits per heavy atom.